The summed E-state index contributed by atoms with van der Waals surface area (Å²) in [5.41, 5.74) is 0.971. The molecule has 2 rings (SSSR count). The molecule has 1 aromatic carbocycles. The SMILES string of the molecule is CN=C(NCCS(=O)(=O)C(C)(C)C)NC1CCN(c2cc(Cl)ccc2OC)C1.I. The molecule has 0 aromatic heterocycles. The van der Waals surface area contributed by atoms with E-state index >= 15 is 0 Å². The number of guanidine groups is 1. The normalized spacial score (nSPS) is 17.7. The number of benzene rings is 1. The monoisotopic (exact) mass is 558 g/mol. The van der Waals surface area contributed by atoms with Crippen molar-refractivity contribution in [2.45, 2.75) is 38.0 Å². The zero-order chi connectivity index (χ0) is 20.9. The third-order valence-electron chi connectivity index (χ3n) is 4.83. The van der Waals surface area contributed by atoms with E-state index in [9.17, 15) is 8.42 Å². The van der Waals surface area contributed by atoms with E-state index in [-0.39, 0.29) is 35.8 Å². The first-order valence-electron chi connectivity index (χ1n) is 9.35. The Kier molecular flexibility index (Phi) is 9.81. The summed E-state index contributed by atoms with van der Waals surface area (Å²) in [7, 11) is 0.164. The molecule has 1 atom stereocenters. The molecular formula is C19H32ClIN4O3S. The van der Waals surface area contributed by atoms with Crippen molar-refractivity contribution < 1.29 is 13.2 Å². The van der Waals surface area contributed by atoms with Crippen LogP contribution < -0.4 is 20.3 Å². The number of rotatable bonds is 6. The predicted octanol–water partition coefficient (Wildman–Crippen LogP) is 2.92. The lowest BCUT2D eigenvalue weighted by atomic mass is 10.2. The van der Waals surface area contributed by atoms with Crippen molar-refractivity contribution >= 4 is 57.1 Å². The van der Waals surface area contributed by atoms with E-state index in [4.69, 9.17) is 16.3 Å². The minimum atomic E-state index is -3.17. The van der Waals surface area contributed by atoms with Crippen molar-refractivity contribution in [1.29, 1.82) is 0 Å². The van der Waals surface area contributed by atoms with Crippen LogP contribution in [0.4, 0.5) is 5.69 Å². The lowest BCUT2D eigenvalue weighted by Gasteiger charge is -2.23. The summed E-state index contributed by atoms with van der Waals surface area (Å²) in [5, 5.41) is 7.15. The van der Waals surface area contributed by atoms with Gasteiger partial charge in [0.25, 0.3) is 0 Å². The minimum Gasteiger partial charge on any atom is -0.495 e. The smallest absolute Gasteiger partial charge is 0.191 e. The predicted molar refractivity (Wildman–Crippen MR) is 132 cm³/mol. The molecule has 0 saturated carbocycles. The fourth-order valence-corrected chi connectivity index (χ4v) is 4.15. The van der Waals surface area contributed by atoms with E-state index in [1.807, 2.05) is 18.2 Å². The van der Waals surface area contributed by atoms with E-state index in [0.29, 0.717) is 17.5 Å². The first kappa shape index (κ1) is 26.1. The number of sulfone groups is 1. The Morgan fingerprint density at radius 1 is 1.38 bits per heavy atom. The van der Waals surface area contributed by atoms with Gasteiger partial charge in [0.1, 0.15) is 5.75 Å². The van der Waals surface area contributed by atoms with Gasteiger partial charge in [-0.15, -0.1) is 24.0 Å². The molecule has 1 heterocycles. The van der Waals surface area contributed by atoms with Gasteiger partial charge in [0.2, 0.25) is 0 Å². The number of ether oxygens (including phenoxy) is 1. The zero-order valence-electron chi connectivity index (χ0n) is 17.7. The average molecular weight is 559 g/mol. The molecule has 166 valence electrons. The van der Waals surface area contributed by atoms with Gasteiger partial charge in [-0.3, -0.25) is 4.99 Å². The third kappa shape index (κ3) is 7.06. The van der Waals surface area contributed by atoms with Crippen molar-refractivity contribution in [3.05, 3.63) is 23.2 Å². The maximum atomic E-state index is 12.2. The summed E-state index contributed by atoms with van der Waals surface area (Å²) >= 11 is 6.15. The average Bonchev–Trinajstić information content (AvgIpc) is 3.08. The van der Waals surface area contributed by atoms with E-state index in [1.54, 1.807) is 34.9 Å². The number of hydrogen-bond donors (Lipinski definition) is 2. The highest BCUT2D eigenvalue weighted by Gasteiger charge is 2.29. The van der Waals surface area contributed by atoms with Gasteiger partial charge in [0, 0.05) is 37.7 Å². The Balaban J connectivity index is 0.00000420. The van der Waals surface area contributed by atoms with Crippen molar-refractivity contribution in [3.8, 4) is 5.75 Å². The van der Waals surface area contributed by atoms with Gasteiger partial charge in [-0.05, 0) is 45.4 Å². The van der Waals surface area contributed by atoms with Crippen LogP contribution >= 0.6 is 35.6 Å². The molecule has 29 heavy (non-hydrogen) atoms. The number of halogens is 2. The lowest BCUT2D eigenvalue weighted by Crippen LogP contribution is -2.46. The molecular weight excluding hydrogens is 527 g/mol. The maximum Gasteiger partial charge on any atom is 0.191 e. The van der Waals surface area contributed by atoms with Crippen molar-refractivity contribution in [2.24, 2.45) is 4.99 Å². The van der Waals surface area contributed by atoms with Gasteiger partial charge in [-0.1, -0.05) is 11.6 Å². The van der Waals surface area contributed by atoms with Crippen molar-refractivity contribution in [1.82, 2.24) is 10.6 Å². The summed E-state index contributed by atoms with van der Waals surface area (Å²) in [5.74, 6) is 1.46. The van der Waals surface area contributed by atoms with E-state index < -0.39 is 14.6 Å². The third-order valence-corrected chi connectivity index (χ3v) is 7.67. The van der Waals surface area contributed by atoms with E-state index in [2.05, 4.69) is 20.5 Å². The first-order valence-corrected chi connectivity index (χ1v) is 11.4. The molecule has 0 radical (unpaired) electrons. The summed E-state index contributed by atoms with van der Waals surface area (Å²) in [6.45, 7) is 7.10. The Hall–Kier alpha value is -0.940. The summed E-state index contributed by atoms with van der Waals surface area (Å²) in [4.78, 5) is 6.44. The highest BCUT2D eigenvalue weighted by molar-refractivity contribution is 14.0. The molecule has 2 N–H and O–H groups in total. The second kappa shape index (κ2) is 10.9. The van der Waals surface area contributed by atoms with Crippen LogP contribution in [0, 0.1) is 0 Å². The highest BCUT2D eigenvalue weighted by atomic mass is 127. The molecule has 7 nitrogen and oxygen atoms in total. The second-order valence-electron chi connectivity index (χ2n) is 7.82. The molecule has 1 fully saturated rings. The van der Waals surface area contributed by atoms with Gasteiger partial charge in [-0.25, -0.2) is 8.42 Å². The number of anilines is 1. The Bertz CT molecular complexity index is 812. The molecule has 1 aliphatic heterocycles. The Labute approximate surface area is 196 Å². The van der Waals surface area contributed by atoms with Crippen LogP contribution in [0.25, 0.3) is 0 Å². The van der Waals surface area contributed by atoms with Crippen LogP contribution in [0.1, 0.15) is 27.2 Å². The number of nitrogens with one attached hydrogen (secondary N) is 2. The van der Waals surface area contributed by atoms with Crippen LogP contribution in [0.2, 0.25) is 5.02 Å². The van der Waals surface area contributed by atoms with E-state index in [0.717, 1.165) is 30.9 Å². The van der Waals surface area contributed by atoms with Gasteiger partial charge >= 0.3 is 0 Å². The highest BCUT2D eigenvalue weighted by Crippen LogP contribution is 2.33. The molecule has 10 heteroatoms. The Morgan fingerprint density at radius 3 is 2.66 bits per heavy atom. The fourth-order valence-electron chi connectivity index (χ4n) is 3.01. The zero-order valence-corrected chi connectivity index (χ0v) is 21.6. The number of hydrogen-bond acceptors (Lipinski definition) is 5. The largest absolute Gasteiger partial charge is 0.495 e. The molecule has 0 bridgehead atoms. The summed E-state index contributed by atoms with van der Waals surface area (Å²) in [6, 6.07) is 5.78. The molecule has 0 amide bonds. The molecule has 0 spiro atoms. The number of nitrogens with zero attached hydrogens (tertiary/aromatic N) is 2. The number of methoxy groups -OCH3 is 1. The van der Waals surface area contributed by atoms with E-state index in [1.165, 1.54) is 0 Å². The van der Waals surface area contributed by atoms with Crippen molar-refractivity contribution in [3.63, 3.8) is 0 Å². The molecule has 1 unspecified atom stereocenters. The maximum absolute atomic E-state index is 12.2. The topological polar surface area (TPSA) is 83.0 Å². The number of aliphatic imine (C=N–C) groups is 1. The van der Waals surface area contributed by atoms with Crippen LogP contribution in [-0.2, 0) is 9.84 Å². The van der Waals surface area contributed by atoms with Crippen molar-refractivity contribution in [2.75, 3.05) is 44.4 Å². The summed E-state index contributed by atoms with van der Waals surface area (Å²) < 4.78 is 29.1. The standard InChI is InChI=1S/C19H31ClN4O3S.HI/c1-19(2,3)28(25,26)11-9-22-18(21-4)23-15-8-10-24(13-15)16-12-14(20)6-7-17(16)27-5;/h6-7,12,15H,8-11,13H2,1-5H3,(H2,21,22,23);1H. The Morgan fingerprint density at radius 2 is 2.07 bits per heavy atom. The van der Waals surface area contributed by atoms with Crippen LogP contribution in [0.5, 0.6) is 5.75 Å². The quantitative estimate of drug-likeness (QED) is 0.317. The fraction of sp³-hybridized carbons (Fsp3) is 0.632. The minimum absolute atomic E-state index is 0. The second-order valence-corrected chi connectivity index (χ2v) is 11.1. The summed E-state index contributed by atoms with van der Waals surface area (Å²) in [6.07, 6.45) is 0.927. The molecule has 1 aromatic rings. The van der Waals surface area contributed by atoms with Gasteiger partial charge in [0.15, 0.2) is 15.8 Å². The molecule has 0 aliphatic carbocycles. The van der Waals surface area contributed by atoms with Crippen LogP contribution in [0.15, 0.2) is 23.2 Å². The van der Waals surface area contributed by atoms with Gasteiger partial charge < -0.3 is 20.3 Å². The van der Waals surface area contributed by atoms with Gasteiger partial charge in [-0.2, -0.15) is 0 Å². The first-order chi connectivity index (χ1) is 13.1. The van der Waals surface area contributed by atoms with Crippen LogP contribution in [-0.4, -0.2) is 64.7 Å². The van der Waals surface area contributed by atoms with Crippen LogP contribution in [0.3, 0.4) is 0 Å². The lowest BCUT2D eigenvalue weighted by molar-refractivity contribution is 0.415. The molecule has 1 aliphatic rings. The molecule has 1 saturated heterocycles. The van der Waals surface area contributed by atoms with Gasteiger partial charge in [0.05, 0.1) is 23.3 Å².